The van der Waals surface area contributed by atoms with Crippen LogP contribution in [0.4, 0.5) is 5.69 Å². The van der Waals surface area contributed by atoms with Gasteiger partial charge in [0.25, 0.3) is 5.91 Å². The Balaban J connectivity index is 2.04. The highest BCUT2D eigenvalue weighted by atomic mass is 79.9. The predicted octanol–water partition coefficient (Wildman–Crippen LogP) is 4.27. The largest absolute Gasteiger partial charge is 0.495 e. The van der Waals surface area contributed by atoms with Crippen LogP contribution in [0.1, 0.15) is 22.8 Å². The quantitative estimate of drug-likeness (QED) is 0.562. The summed E-state index contributed by atoms with van der Waals surface area (Å²) in [6.07, 6.45) is 0. The fourth-order valence-corrected chi connectivity index (χ4v) is 2.95. The second-order valence-electron chi connectivity index (χ2n) is 5.60. The average Bonchev–Trinajstić information content (AvgIpc) is 2.68. The Bertz CT molecular complexity index is 741. The summed E-state index contributed by atoms with van der Waals surface area (Å²) in [6, 6.07) is 10.8. The number of amides is 1. The van der Waals surface area contributed by atoms with Crippen LogP contribution in [0.25, 0.3) is 0 Å². The summed E-state index contributed by atoms with van der Waals surface area (Å²) in [5, 5.41) is 2.89. The second-order valence-corrected chi connectivity index (χ2v) is 6.39. The number of benzene rings is 2. The summed E-state index contributed by atoms with van der Waals surface area (Å²) in [6.45, 7) is 4.18. The molecule has 0 bridgehead atoms. The molecule has 1 N–H and O–H groups in total. The Morgan fingerprint density at radius 2 is 1.70 bits per heavy atom. The van der Waals surface area contributed by atoms with Gasteiger partial charge in [0.05, 0.1) is 34.0 Å². The van der Waals surface area contributed by atoms with Crippen molar-refractivity contribution in [3.8, 4) is 11.5 Å². The van der Waals surface area contributed by atoms with Crippen LogP contribution in [0.5, 0.6) is 11.5 Å². The average molecular weight is 438 g/mol. The topological polar surface area (TPSA) is 66.0 Å². The zero-order chi connectivity index (χ0) is 19.6. The molecule has 0 aliphatic rings. The van der Waals surface area contributed by atoms with Crippen molar-refractivity contribution in [3.05, 3.63) is 52.0 Å². The van der Waals surface area contributed by atoms with Gasteiger partial charge in [-0.2, -0.15) is 0 Å². The third-order valence-electron chi connectivity index (χ3n) is 3.74. The van der Waals surface area contributed by atoms with Crippen LogP contribution in [0.2, 0.25) is 0 Å². The highest BCUT2D eigenvalue weighted by molar-refractivity contribution is 9.10. The van der Waals surface area contributed by atoms with Gasteiger partial charge < -0.3 is 24.3 Å². The van der Waals surface area contributed by atoms with Crippen molar-refractivity contribution in [2.75, 3.05) is 39.4 Å². The minimum atomic E-state index is -0.256. The molecule has 0 atom stereocenters. The van der Waals surface area contributed by atoms with E-state index in [-0.39, 0.29) is 5.91 Å². The first-order valence-electron chi connectivity index (χ1n) is 8.56. The Morgan fingerprint density at radius 3 is 2.33 bits per heavy atom. The SMILES string of the molecule is CCOCCOCc1cccc(NC(=O)c2cc(OC)c(Br)c(OC)c2)c1. The highest BCUT2D eigenvalue weighted by Crippen LogP contribution is 2.35. The number of carbonyl (C=O) groups excluding carboxylic acids is 1. The third kappa shape index (κ3) is 6.23. The van der Waals surface area contributed by atoms with Crippen molar-refractivity contribution in [3.63, 3.8) is 0 Å². The predicted molar refractivity (Wildman–Crippen MR) is 108 cm³/mol. The number of methoxy groups -OCH3 is 2. The van der Waals surface area contributed by atoms with Crippen LogP contribution >= 0.6 is 15.9 Å². The molecule has 0 aliphatic heterocycles. The summed E-state index contributed by atoms with van der Waals surface area (Å²) < 4.78 is 22.0. The molecule has 0 aliphatic carbocycles. The molecule has 0 aromatic heterocycles. The summed E-state index contributed by atoms with van der Waals surface area (Å²) in [4.78, 5) is 12.6. The first-order chi connectivity index (χ1) is 13.1. The van der Waals surface area contributed by atoms with Gasteiger partial charge in [0.2, 0.25) is 0 Å². The highest BCUT2D eigenvalue weighted by Gasteiger charge is 2.15. The van der Waals surface area contributed by atoms with Crippen molar-refractivity contribution in [1.29, 1.82) is 0 Å². The maximum absolute atomic E-state index is 12.6. The number of ether oxygens (including phenoxy) is 4. The van der Waals surface area contributed by atoms with Crippen molar-refractivity contribution in [2.45, 2.75) is 13.5 Å². The monoisotopic (exact) mass is 437 g/mol. The molecule has 0 radical (unpaired) electrons. The molecule has 2 rings (SSSR count). The zero-order valence-electron chi connectivity index (χ0n) is 15.7. The molecule has 0 fully saturated rings. The van der Waals surface area contributed by atoms with Crippen LogP contribution in [0.3, 0.4) is 0 Å². The smallest absolute Gasteiger partial charge is 0.255 e. The number of anilines is 1. The van der Waals surface area contributed by atoms with Gasteiger partial charge in [-0.25, -0.2) is 0 Å². The molecule has 7 heteroatoms. The zero-order valence-corrected chi connectivity index (χ0v) is 17.3. The molecule has 27 heavy (non-hydrogen) atoms. The first-order valence-corrected chi connectivity index (χ1v) is 9.35. The van der Waals surface area contributed by atoms with Crippen molar-refractivity contribution in [1.82, 2.24) is 0 Å². The molecule has 0 unspecified atom stereocenters. The Kier molecular flexibility index (Phi) is 8.57. The van der Waals surface area contributed by atoms with E-state index in [1.54, 1.807) is 12.1 Å². The van der Waals surface area contributed by atoms with Crippen molar-refractivity contribution >= 4 is 27.5 Å². The van der Waals surface area contributed by atoms with E-state index in [9.17, 15) is 4.79 Å². The molecule has 0 saturated heterocycles. The van der Waals surface area contributed by atoms with Crippen LogP contribution < -0.4 is 14.8 Å². The summed E-state index contributed by atoms with van der Waals surface area (Å²) >= 11 is 3.40. The normalized spacial score (nSPS) is 10.5. The van der Waals surface area contributed by atoms with E-state index in [1.165, 1.54) is 14.2 Å². The van der Waals surface area contributed by atoms with Gasteiger partial charge in [-0.3, -0.25) is 4.79 Å². The van der Waals surface area contributed by atoms with E-state index >= 15 is 0 Å². The standard InChI is InChI=1S/C20H24BrNO5/c1-4-26-8-9-27-13-14-6-5-7-16(10-14)22-20(23)15-11-17(24-2)19(21)18(12-15)25-3/h5-7,10-12H,4,8-9,13H2,1-3H3,(H,22,23). The number of hydrogen-bond donors (Lipinski definition) is 1. The Hall–Kier alpha value is -2.09. The summed E-state index contributed by atoms with van der Waals surface area (Å²) in [7, 11) is 3.08. The van der Waals surface area contributed by atoms with Gasteiger partial charge in [0.1, 0.15) is 16.0 Å². The van der Waals surface area contributed by atoms with Gasteiger partial charge in [-0.05, 0) is 52.7 Å². The third-order valence-corrected chi connectivity index (χ3v) is 4.52. The fourth-order valence-electron chi connectivity index (χ4n) is 2.39. The lowest BCUT2D eigenvalue weighted by Gasteiger charge is -2.12. The van der Waals surface area contributed by atoms with E-state index in [0.717, 1.165) is 5.56 Å². The van der Waals surface area contributed by atoms with Gasteiger partial charge in [0.15, 0.2) is 0 Å². The molecule has 146 valence electrons. The van der Waals surface area contributed by atoms with Gasteiger partial charge in [0, 0.05) is 17.9 Å². The Labute approximate surface area is 167 Å². The van der Waals surface area contributed by atoms with E-state index in [2.05, 4.69) is 21.2 Å². The lowest BCUT2D eigenvalue weighted by Crippen LogP contribution is -2.12. The lowest BCUT2D eigenvalue weighted by atomic mass is 10.1. The maximum atomic E-state index is 12.6. The van der Waals surface area contributed by atoms with E-state index in [1.807, 2.05) is 31.2 Å². The second kappa shape index (κ2) is 10.9. The molecule has 2 aromatic carbocycles. The number of halogens is 1. The van der Waals surface area contributed by atoms with Crippen LogP contribution in [0, 0.1) is 0 Å². The Morgan fingerprint density at radius 1 is 1.04 bits per heavy atom. The fraction of sp³-hybridized carbons (Fsp3) is 0.350. The van der Waals surface area contributed by atoms with Gasteiger partial charge in [-0.15, -0.1) is 0 Å². The number of hydrogen-bond acceptors (Lipinski definition) is 5. The van der Waals surface area contributed by atoms with Crippen LogP contribution in [-0.4, -0.2) is 39.9 Å². The molecular formula is C20H24BrNO5. The number of rotatable bonds is 10. The number of nitrogens with one attached hydrogen (secondary N) is 1. The van der Waals surface area contributed by atoms with E-state index in [0.29, 0.717) is 53.7 Å². The molecule has 0 heterocycles. The maximum Gasteiger partial charge on any atom is 0.255 e. The first kappa shape index (κ1) is 21.2. The van der Waals surface area contributed by atoms with Gasteiger partial charge >= 0.3 is 0 Å². The summed E-state index contributed by atoms with van der Waals surface area (Å²) in [5.74, 6) is 0.792. The van der Waals surface area contributed by atoms with Crippen molar-refractivity contribution in [2.24, 2.45) is 0 Å². The number of carbonyl (C=O) groups is 1. The lowest BCUT2D eigenvalue weighted by molar-refractivity contribution is 0.0453. The minimum Gasteiger partial charge on any atom is -0.495 e. The molecular weight excluding hydrogens is 414 g/mol. The van der Waals surface area contributed by atoms with Gasteiger partial charge in [-0.1, -0.05) is 12.1 Å². The van der Waals surface area contributed by atoms with Crippen molar-refractivity contribution < 1.29 is 23.7 Å². The molecule has 6 nitrogen and oxygen atoms in total. The van der Waals surface area contributed by atoms with Crippen LogP contribution in [0.15, 0.2) is 40.9 Å². The molecule has 0 spiro atoms. The van der Waals surface area contributed by atoms with E-state index < -0.39 is 0 Å². The minimum absolute atomic E-state index is 0.256. The van der Waals surface area contributed by atoms with Crippen LogP contribution in [-0.2, 0) is 16.1 Å². The molecule has 2 aromatic rings. The molecule has 1 amide bonds. The molecule has 0 saturated carbocycles. The van der Waals surface area contributed by atoms with E-state index in [4.69, 9.17) is 18.9 Å². The summed E-state index contributed by atoms with van der Waals surface area (Å²) in [5.41, 5.74) is 2.09.